The van der Waals surface area contributed by atoms with Gasteiger partial charge in [-0.1, -0.05) is 11.6 Å². The molecule has 5 aromatic rings. The lowest BCUT2D eigenvalue weighted by Gasteiger charge is -2.15. The topological polar surface area (TPSA) is 107 Å². The highest BCUT2D eigenvalue weighted by atomic mass is 35.5. The average Bonchev–Trinajstić information content (AvgIpc) is 3.60. The van der Waals surface area contributed by atoms with Gasteiger partial charge in [0.15, 0.2) is 0 Å². The van der Waals surface area contributed by atoms with E-state index in [9.17, 15) is 9.18 Å². The Labute approximate surface area is 196 Å². The van der Waals surface area contributed by atoms with Crippen LogP contribution in [-0.2, 0) is 6.42 Å². The highest BCUT2D eigenvalue weighted by Crippen LogP contribution is 2.34. The Morgan fingerprint density at radius 3 is 2.76 bits per heavy atom. The molecule has 0 fully saturated rings. The van der Waals surface area contributed by atoms with Crippen LogP contribution in [0.15, 0.2) is 66.0 Å². The second-order valence-electron chi connectivity index (χ2n) is 7.97. The summed E-state index contributed by atoms with van der Waals surface area (Å²) in [5, 5.41) is 11.9. The lowest BCUT2D eigenvalue weighted by Crippen LogP contribution is -2.23. The fourth-order valence-electron chi connectivity index (χ4n) is 4.41. The van der Waals surface area contributed by atoms with Crippen molar-refractivity contribution in [3.8, 4) is 28.1 Å². The van der Waals surface area contributed by atoms with Crippen molar-refractivity contribution in [1.82, 2.24) is 39.7 Å². The van der Waals surface area contributed by atoms with E-state index < -0.39 is 5.95 Å². The molecule has 0 aliphatic carbocycles. The molecule has 1 N–H and O–H groups in total. The minimum absolute atomic E-state index is 0.140. The van der Waals surface area contributed by atoms with Gasteiger partial charge in [0, 0.05) is 34.1 Å². The monoisotopic (exact) mass is 474 g/mol. The molecule has 0 saturated heterocycles. The zero-order valence-corrected chi connectivity index (χ0v) is 18.3. The van der Waals surface area contributed by atoms with Crippen molar-refractivity contribution in [2.45, 2.75) is 18.9 Å². The van der Waals surface area contributed by atoms with Gasteiger partial charge in [0.2, 0.25) is 5.95 Å². The number of halogens is 2. The summed E-state index contributed by atoms with van der Waals surface area (Å²) in [5.41, 5.74) is 4.41. The molecule has 1 aliphatic heterocycles. The van der Waals surface area contributed by atoms with Crippen molar-refractivity contribution in [2.24, 2.45) is 0 Å². The Kier molecular flexibility index (Phi) is 4.80. The lowest BCUT2D eigenvalue weighted by molar-refractivity contribution is 0.572. The molecule has 168 valence electrons. The van der Waals surface area contributed by atoms with Crippen LogP contribution < -0.4 is 5.56 Å². The molecule has 34 heavy (non-hydrogen) atoms. The predicted molar refractivity (Wildman–Crippen MR) is 122 cm³/mol. The summed E-state index contributed by atoms with van der Waals surface area (Å²) in [7, 11) is 0. The number of H-pyrrole nitrogens is 1. The highest BCUT2D eigenvalue weighted by molar-refractivity contribution is 6.31. The fourth-order valence-corrected chi connectivity index (χ4v) is 4.58. The number of pyridine rings is 2. The van der Waals surface area contributed by atoms with Crippen LogP contribution in [0.5, 0.6) is 0 Å². The number of aromatic amines is 1. The first-order valence-corrected chi connectivity index (χ1v) is 10.9. The summed E-state index contributed by atoms with van der Waals surface area (Å²) in [5.74, 6) is 0.128. The Bertz CT molecular complexity index is 1560. The summed E-state index contributed by atoms with van der Waals surface area (Å²) in [6.45, 7) is 0. The molecule has 0 bridgehead atoms. The third-order valence-electron chi connectivity index (χ3n) is 5.95. The molecule has 1 aromatic carbocycles. The van der Waals surface area contributed by atoms with Gasteiger partial charge in [-0.2, -0.15) is 9.07 Å². The number of imidazole rings is 1. The molecule has 5 heterocycles. The summed E-state index contributed by atoms with van der Waals surface area (Å²) < 4.78 is 16.4. The first kappa shape index (κ1) is 20.4. The minimum atomic E-state index is -0.543. The van der Waals surface area contributed by atoms with E-state index in [1.165, 1.54) is 23.3 Å². The maximum atomic E-state index is 13.3. The van der Waals surface area contributed by atoms with E-state index in [0.29, 0.717) is 23.0 Å². The molecule has 1 aliphatic rings. The summed E-state index contributed by atoms with van der Waals surface area (Å²) in [6.07, 6.45) is 6.05. The Morgan fingerprint density at radius 2 is 1.97 bits per heavy atom. The van der Waals surface area contributed by atoms with E-state index in [0.717, 1.165) is 34.5 Å². The smallest absolute Gasteiger partial charge is 0.252 e. The Hall–Kier alpha value is -4.18. The van der Waals surface area contributed by atoms with Crippen molar-refractivity contribution in [2.75, 3.05) is 0 Å². The van der Waals surface area contributed by atoms with Crippen LogP contribution >= 0.6 is 11.6 Å². The number of aryl methyl sites for hydroxylation is 1. The number of fused-ring (bicyclic) bond motifs is 1. The quantitative estimate of drug-likeness (QED) is 0.399. The number of tetrazole rings is 1. The molecule has 0 saturated carbocycles. The molecule has 0 spiro atoms. The molecule has 11 heteroatoms. The first-order chi connectivity index (χ1) is 16.6. The predicted octanol–water partition coefficient (Wildman–Crippen LogP) is 3.60. The zero-order valence-electron chi connectivity index (χ0n) is 17.6. The van der Waals surface area contributed by atoms with Gasteiger partial charge in [0.25, 0.3) is 5.56 Å². The van der Waals surface area contributed by atoms with Gasteiger partial charge >= 0.3 is 0 Å². The van der Waals surface area contributed by atoms with Gasteiger partial charge < -0.3 is 9.55 Å². The molecule has 9 nitrogen and oxygen atoms in total. The van der Waals surface area contributed by atoms with Crippen molar-refractivity contribution >= 4 is 11.6 Å². The number of nitrogens with one attached hydrogen (secondary N) is 1. The number of rotatable bonds is 4. The molecule has 4 aromatic heterocycles. The number of nitrogens with zero attached hydrogens (tertiary/aromatic N) is 7. The second-order valence-corrected chi connectivity index (χ2v) is 8.40. The SMILES string of the molecule is O=c1cc(-c2cc(Cl)ccc2-n2cnnn2)cc2n1[C@H](c1ncc(-c3ccc(F)nc3)[nH]1)CC2. The van der Waals surface area contributed by atoms with Gasteiger partial charge in [0.05, 0.1) is 23.6 Å². The van der Waals surface area contributed by atoms with E-state index in [1.54, 1.807) is 35.0 Å². The molecule has 1 atom stereocenters. The first-order valence-electron chi connectivity index (χ1n) is 10.5. The molecular weight excluding hydrogens is 459 g/mol. The number of hydrogen-bond donors (Lipinski definition) is 1. The lowest BCUT2D eigenvalue weighted by atomic mass is 10.0. The second kappa shape index (κ2) is 7.99. The van der Waals surface area contributed by atoms with Crippen LogP contribution in [0.4, 0.5) is 4.39 Å². The molecule has 0 amide bonds. The normalized spacial score (nSPS) is 14.9. The Balaban J connectivity index is 1.39. The molecule has 0 radical (unpaired) electrons. The van der Waals surface area contributed by atoms with Crippen molar-refractivity contribution in [3.63, 3.8) is 0 Å². The van der Waals surface area contributed by atoms with Gasteiger partial charge in [-0.25, -0.2) is 9.97 Å². The van der Waals surface area contributed by atoms with Gasteiger partial charge in [-0.3, -0.25) is 4.79 Å². The van der Waals surface area contributed by atoms with Crippen molar-refractivity contribution < 1.29 is 4.39 Å². The van der Waals surface area contributed by atoms with Gasteiger partial charge in [-0.05, 0) is 65.2 Å². The van der Waals surface area contributed by atoms with Crippen LogP contribution in [0.25, 0.3) is 28.1 Å². The largest absolute Gasteiger partial charge is 0.340 e. The fraction of sp³-hybridized carbons (Fsp3) is 0.130. The van der Waals surface area contributed by atoms with Gasteiger partial charge in [-0.15, -0.1) is 5.10 Å². The maximum absolute atomic E-state index is 13.3. The summed E-state index contributed by atoms with van der Waals surface area (Å²) in [6, 6.07) is 11.7. The van der Waals surface area contributed by atoms with Crippen LogP contribution in [0, 0.1) is 5.95 Å². The molecule has 0 unspecified atom stereocenters. The Morgan fingerprint density at radius 1 is 1.06 bits per heavy atom. The number of hydrogen-bond acceptors (Lipinski definition) is 6. The zero-order chi connectivity index (χ0) is 23.2. The minimum Gasteiger partial charge on any atom is -0.340 e. The third kappa shape index (κ3) is 3.48. The van der Waals surface area contributed by atoms with Gasteiger partial charge in [0.1, 0.15) is 12.2 Å². The number of benzene rings is 1. The molecular formula is C23H16ClFN8O. The van der Waals surface area contributed by atoms with E-state index in [2.05, 4.69) is 30.5 Å². The van der Waals surface area contributed by atoms with E-state index in [-0.39, 0.29) is 11.6 Å². The molecule has 6 rings (SSSR count). The van der Waals surface area contributed by atoms with E-state index in [1.807, 2.05) is 12.1 Å². The summed E-state index contributed by atoms with van der Waals surface area (Å²) >= 11 is 6.27. The van der Waals surface area contributed by atoms with Crippen molar-refractivity contribution in [3.05, 3.63) is 94.0 Å². The van der Waals surface area contributed by atoms with Crippen LogP contribution in [0.3, 0.4) is 0 Å². The van der Waals surface area contributed by atoms with Crippen LogP contribution in [-0.4, -0.2) is 39.7 Å². The third-order valence-corrected chi connectivity index (χ3v) is 6.18. The van der Waals surface area contributed by atoms with Crippen LogP contribution in [0.1, 0.15) is 24.0 Å². The number of aromatic nitrogens is 8. The van der Waals surface area contributed by atoms with E-state index in [4.69, 9.17) is 11.6 Å². The van der Waals surface area contributed by atoms with Crippen molar-refractivity contribution in [1.29, 1.82) is 0 Å². The van der Waals surface area contributed by atoms with E-state index >= 15 is 0 Å². The average molecular weight is 475 g/mol. The standard InChI is InChI=1S/C23H16ClFN8O/c24-15-2-4-19(32-12-28-30-31-32)17(9-15)14-7-16-3-5-20(33(16)22(34)8-14)23-27-11-18(29-23)13-1-6-21(25)26-10-13/h1-2,4,6-12,20H,3,5H2,(H,27,29)/t20-/m0/s1. The maximum Gasteiger partial charge on any atom is 0.252 e. The highest BCUT2D eigenvalue weighted by Gasteiger charge is 2.28. The van der Waals surface area contributed by atoms with Crippen LogP contribution in [0.2, 0.25) is 5.02 Å². The summed E-state index contributed by atoms with van der Waals surface area (Å²) in [4.78, 5) is 24.7.